The van der Waals surface area contributed by atoms with E-state index in [0.29, 0.717) is 22.9 Å². The van der Waals surface area contributed by atoms with Gasteiger partial charge in [0.25, 0.3) is 5.91 Å². The topological polar surface area (TPSA) is 58.6 Å². The summed E-state index contributed by atoms with van der Waals surface area (Å²) in [6.45, 7) is 2.08. The maximum Gasteiger partial charge on any atom is 0.328 e. The Bertz CT molecular complexity index is 569. The first-order chi connectivity index (χ1) is 9.06. The van der Waals surface area contributed by atoms with Gasteiger partial charge in [-0.2, -0.15) is 0 Å². The fraction of sp³-hybridized carbons (Fsp3) is 0.231. The summed E-state index contributed by atoms with van der Waals surface area (Å²) in [5, 5.41) is 2.97. The molecule has 1 aromatic carbocycles. The van der Waals surface area contributed by atoms with Gasteiger partial charge in [-0.1, -0.05) is 17.7 Å². The first kappa shape index (κ1) is 13.4. The molecule has 6 heteroatoms. The van der Waals surface area contributed by atoms with E-state index in [2.05, 4.69) is 5.32 Å². The van der Waals surface area contributed by atoms with Crippen molar-refractivity contribution in [1.29, 1.82) is 0 Å². The molecular formula is C13H13ClN2O3. The molecule has 0 saturated carbocycles. The van der Waals surface area contributed by atoms with Crippen molar-refractivity contribution in [2.24, 2.45) is 0 Å². The number of urea groups is 1. The summed E-state index contributed by atoms with van der Waals surface area (Å²) in [6.07, 6.45) is 1.58. The molecule has 0 aromatic heterocycles. The van der Waals surface area contributed by atoms with E-state index in [1.165, 1.54) is 7.11 Å². The van der Waals surface area contributed by atoms with E-state index in [4.69, 9.17) is 16.3 Å². The fourth-order valence-corrected chi connectivity index (χ4v) is 2.06. The van der Waals surface area contributed by atoms with Crippen LogP contribution in [0.5, 0.6) is 5.75 Å². The second-order valence-electron chi connectivity index (χ2n) is 3.93. The maximum absolute atomic E-state index is 11.9. The Labute approximate surface area is 115 Å². The van der Waals surface area contributed by atoms with Gasteiger partial charge in [-0.25, -0.2) is 4.79 Å². The highest BCUT2D eigenvalue weighted by molar-refractivity contribution is 6.32. The summed E-state index contributed by atoms with van der Waals surface area (Å²) in [5.74, 6) is 0.222. The number of carbonyl (C=O) groups excluding carboxylic acids is 2. The van der Waals surface area contributed by atoms with E-state index in [-0.39, 0.29) is 11.6 Å². The molecule has 1 aromatic rings. The fourth-order valence-electron chi connectivity index (χ4n) is 1.80. The summed E-state index contributed by atoms with van der Waals surface area (Å²) in [7, 11) is 1.53. The predicted octanol–water partition coefficient (Wildman–Crippen LogP) is 2.26. The third-order valence-corrected chi connectivity index (χ3v) is 3.06. The molecule has 0 radical (unpaired) electrons. The number of carbonyl (C=O) groups is 2. The summed E-state index contributed by atoms with van der Waals surface area (Å²) >= 11 is 6.00. The van der Waals surface area contributed by atoms with Crippen LogP contribution in [-0.4, -0.2) is 30.5 Å². The minimum Gasteiger partial charge on any atom is -0.495 e. The highest BCUT2D eigenvalue weighted by Gasteiger charge is 2.31. The molecule has 19 heavy (non-hydrogen) atoms. The molecule has 2 rings (SSSR count). The van der Waals surface area contributed by atoms with Gasteiger partial charge < -0.3 is 10.1 Å². The molecular weight excluding hydrogens is 268 g/mol. The van der Waals surface area contributed by atoms with Gasteiger partial charge in [0.05, 0.1) is 12.1 Å². The van der Waals surface area contributed by atoms with Crippen LogP contribution in [0.2, 0.25) is 5.02 Å². The lowest BCUT2D eigenvalue weighted by atomic mass is 10.2. The molecule has 0 unspecified atom stereocenters. The second kappa shape index (κ2) is 5.32. The van der Waals surface area contributed by atoms with Crippen molar-refractivity contribution in [2.75, 3.05) is 13.7 Å². The Morgan fingerprint density at radius 3 is 2.68 bits per heavy atom. The lowest BCUT2D eigenvalue weighted by molar-refractivity contribution is -0.122. The Kier molecular flexibility index (Phi) is 3.76. The second-order valence-corrected chi connectivity index (χ2v) is 4.34. The van der Waals surface area contributed by atoms with Gasteiger partial charge in [-0.3, -0.25) is 9.69 Å². The standard InChI is InChI=1S/C13H13ClN2O3/c1-3-16-12(17)10(15-13(16)18)7-8-4-5-11(19-2)9(14)6-8/h4-7H,3H2,1-2H3,(H,15,18)/b10-7+. The molecule has 1 aliphatic rings. The zero-order valence-corrected chi connectivity index (χ0v) is 11.3. The van der Waals surface area contributed by atoms with Crippen LogP contribution in [0, 0.1) is 0 Å². The van der Waals surface area contributed by atoms with E-state index in [1.54, 1.807) is 31.2 Å². The highest BCUT2D eigenvalue weighted by atomic mass is 35.5. The number of amides is 3. The molecule has 0 spiro atoms. The number of rotatable bonds is 3. The maximum atomic E-state index is 11.9. The molecule has 0 aliphatic carbocycles. The Balaban J connectivity index is 2.30. The average Bonchev–Trinajstić information content (AvgIpc) is 2.64. The molecule has 5 nitrogen and oxygen atoms in total. The van der Waals surface area contributed by atoms with Gasteiger partial charge in [0.2, 0.25) is 0 Å². The Hall–Kier alpha value is -2.01. The van der Waals surface area contributed by atoms with Gasteiger partial charge >= 0.3 is 6.03 Å². The van der Waals surface area contributed by atoms with Crippen molar-refractivity contribution >= 4 is 29.6 Å². The van der Waals surface area contributed by atoms with Crippen LogP contribution in [0.25, 0.3) is 6.08 Å². The van der Waals surface area contributed by atoms with Crippen LogP contribution in [0.3, 0.4) is 0 Å². The zero-order valence-electron chi connectivity index (χ0n) is 10.6. The van der Waals surface area contributed by atoms with E-state index in [0.717, 1.165) is 4.90 Å². The summed E-state index contributed by atoms with van der Waals surface area (Å²) < 4.78 is 5.05. The van der Waals surface area contributed by atoms with Crippen molar-refractivity contribution in [2.45, 2.75) is 6.92 Å². The molecule has 3 amide bonds. The van der Waals surface area contributed by atoms with Gasteiger partial charge in [0.15, 0.2) is 0 Å². The molecule has 0 bridgehead atoms. The number of likely N-dealkylation sites (N-methyl/N-ethyl adjacent to an activating group) is 1. The van der Waals surface area contributed by atoms with Gasteiger partial charge in [-0.15, -0.1) is 0 Å². The van der Waals surface area contributed by atoms with E-state index >= 15 is 0 Å². The first-order valence-electron chi connectivity index (χ1n) is 5.75. The number of nitrogens with one attached hydrogen (secondary N) is 1. The Morgan fingerprint density at radius 1 is 1.42 bits per heavy atom. The van der Waals surface area contributed by atoms with Gasteiger partial charge in [0, 0.05) is 6.54 Å². The molecule has 1 N–H and O–H groups in total. The molecule has 1 heterocycles. The third-order valence-electron chi connectivity index (χ3n) is 2.77. The zero-order chi connectivity index (χ0) is 14.0. The largest absolute Gasteiger partial charge is 0.495 e. The lowest BCUT2D eigenvalue weighted by Gasteiger charge is -2.06. The quantitative estimate of drug-likeness (QED) is 0.682. The molecule has 1 fully saturated rings. The number of nitrogens with zero attached hydrogens (tertiary/aromatic N) is 1. The normalized spacial score (nSPS) is 17.0. The number of imide groups is 1. The van der Waals surface area contributed by atoms with Crippen LogP contribution in [-0.2, 0) is 4.79 Å². The van der Waals surface area contributed by atoms with Gasteiger partial charge in [-0.05, 0) is 30.7 Å². The number of hydrogen-bond acceptors (Lipinski definition) is 3. The Morgan fingerprint density at radius 2 is 2.16 bits per heavy atom. The monoisotopic (exact) mass is 280 g/mol. The molecule has 0 atom stereocenters. The number of benzene rings is 1. The smallest absolute Gasteiger partial charge is 0.328 e. The summed E-state index contributed by atoms with van der Waals surface area (Å²) in [5.41, 5.74) is 0.959. The third kappa shape index (κ3) is 2.56. The van der Waals surface area contributed by atoms with Crippen LogP contribution < -0.4 is 10.1 Å². The van der Waals surface area contributed by atoms with Crippen LogP contribution in [0.4, 0.5) is 4.79 Å². The molecule has 1 aliphatic heterocycles. The van der Waals surface area contributed by atoms with Crippen molar-refractivity contribution in [3.05, 3.63) is 34.5 Å². The summed E-state index contributed by atoms with van der Waals surface area (Å²) in [6, 6.07) is 4.72. The van der Waals surface area contributed by atoms with Gasteiger partial charge in [0.1, 0.15) is 11.4 Å². The number of methoxy groups -OCH3 is 1. The minimum absolute atomic E-state index is 0.244. The highest BCUT2D eigenvalue weighted by Crippen LogP contribution is 2.26. The number of halogens is 1. The van der Waals surface area contributed by atoms with Crippen molar-refractivity contribution in [3.8, 4) is 5.75 Å². The minimum atomic E-state index is -0.404. The lowest BCUT2D eigenvalue weighted by Crippen LogP contribution is -2.30. The summed E-state index contributed by atoms with van der Waals surface area (Å²) in [4.78, 5) is 24.5. The van der Waals surface area contributed by atoms with Crippen molar-refractivity contribution in [1.82, 2.24) is 10.2 Å². The molecule has 100 valence electrons. The SMILES string of the molecule is CCN1C(=O)N/C(=C/c2ccc(OC)c(Cl)c2)C1=O. The average molecular weight is 281 g/mol. The van der Waals surface area contributed by atoms with Crippen molar-refractivity contribution in [3.63, 3.8) is 0 Å². The first-order valence-corrected chi connectivity index (χ1v) is 6.12. The number of ether oxygens (including phenoxy) is 1. The van der Waals surface area contributed by atoms with Crippen molar-refractivity contribution < 1.29 is 14.3 Å². The molecule has 1 saturated heterocycles. The van der Waals surface area contributed by atoms with Crippen LogP contribution in [0.15, 0.2) is 23.9 Å². The van der Waals surface area contributed by atoms with E-state index < -0.39 is 6.03 Å². The van der Waals surface area contributed by atoms with Crippen LogP contribution in [0.1, 0.15) is 12.5 Å². The predicted molar refractivity (Wildman–Crippen MR) is 71.9 cm³/mol. The number of hydrogen-bond donors (Lipinski definition) is 1. The van der Waals surface area contributed by atoms with Crippen LogP contribution >= 0.6 is 11.6 Å². The van der Waals surface area contributed by atoms with E-state index in [9.17, 15) is 9.59 Å². The van der Waals surface area contributed by atoms with E-state index in [1.807, 2.05) is 0 Å².